The summed E-state index contributed by atoms with van der Waals surface area (Å²) in [5.41, 5.74) is 4.01. The monoisotopic (exact) mass is 267 g/mol. The number of nitrogens with one attached hydrogen (secondary N) is 1. The van der Waals surface area contributed by atoms with Crippen LogP contribution in [-0.2, 0) is 24.7 Å². The molecule has 2 aromatic heterocycles. The lowest BCUT2D eigenvalue weighted by Crippen LogP contribution is -2.10. The topological polar surface area (TPSA) is 50.7 Å². The van der Waals surface area contributed by atoms with E-state index < -0.39 is 0 Å². The lowest BCUT2D eigenvalue weighted by atomic mass is 10.1. The van der Waals surface area contributed by atoms with Crippen LogP contribution in [0, 0.1) is 6.92 Å². The van der Waals surface area contributed by atoms with Gasteiger partial charge in [-0.15, -0.1) is 0 Å². The molecule has 3 aromatic rings. The number of imidazole rings is 1. The number of para-hydroxylation sites is 1. The Kier molecular flexibility index (Phi) is 3.14. The Bertz CT molecular complexity index is 767. The fraction of sp³-hybridized carbons (Fsp3) is 0.250. The summed E-state index contributed by atoms with van der Waals surface area (Å²) in [7, 11) is 2.00. The van der Waals surface area contributed by atoms with Crippen LogP contribution in [0.1, 0.15) is 17.1 Å². The van der Waals surface area contributed by atoms with E-state index in [0.29, 0.717) is 12.8 Å². The fourth-order valence-corrected chi connectivity index (χ4v) is 2.53. The molecule has 0 unspecified atom stereocenters. The van der Waals surface area contributed by atoms with Crippen LogP contribution in [-0.4, -0.2) is 20.3 Å². The van der Waals surface area contributed by atoms with Crippen LogP contribution < -0.4 is 0 Å². The van der Waals surface area contributed by atoms with Gasteiger partial charge in [0.15, 0.2) is 0 Å². The largest absolute Gasteiger partial charge is 0.348 e. The van der Waals surface area contributed by atoms with Gasteiger partial charge in [-0.2, -0.15) is 0 Å². The third-order valence-corrected chi connectivity index (χ3v) is 3.73. The highest BCUT2D eigenvalue weighted by atomic mass is 16.1. The number of Topliss-reactive ketones (excluding diaryl/α,β-unsaturated/α-hetero) is 1. The van der Waals surface area contributed by atoms with E-state index >= 15 is 0 Å². The molecule has 4 heteroatoms. The van der Waals surface area contributed by atoms with Crippen molar-refractivity contribution in [1.82, 2.24) is 14.5 Å². The van der Waals surface area contributed by atoms with Crippen LogP contribution in [0.3, 0.4) is 0 Å². The van der Waals surface area contributed by atoms with E-state index in [1.54, 1.807) is 6.33 Å². The van der Waals surface area contributed by atoms with E-state index in [0.717, 1.165) is 22.6 Å². The van der Waals surface area contributed by atoms with Gasteiger partial charge in [0.1, 0.15) is 5.78 Å². The first kappa shape index (κ1) is 12.7. The molecule has 0 radical (unpaired) electrons. The number of ketones is 1. The first-order valence-corrected chi connectivity index (χ1v) is 6.69. The van der Waals surface area contributed by atoms with Crippen molar-refractivity contribution in [3.05, 3.63) is 53.7 Å². The molecule has 2 heterocycles. The number of hydrogen-bond donors (Lipinski definition) is 1. The van der Waals surface area contributed by atoms with Gasteiger partial charge in [-0.1, -0.05) is 18.2 Å². The van der Waals surface area contributed by atoms with Crippen molar-refractivity contribution in [3.8, 4) is 0 Å². The zero-order valence-electron chi connectivity index (χ0n) is 11.7. The van der Waals surface area contributed by atoms with Crippen molar-refractivity contribution >= 4 is 16.7 Å². The number of carbonyl (C=O) groups excluding carboxylic acids is 1. The number of nitrogens with zero attached hydrogens (tertiary/aromatic N) is 2. The second-order valence-corrected chi connectivity index (χ2v) is 5.12. The Hall–Kier alpha value is -2.36. The summed E-state index contributed by atoms with van der Waals surface area (Å²) in [5.74, 6) is 0.186. The van der Waals surface area contributed by atoms with Gasteiger partial charge in [-0.05, 0) is 24.4 Å². The molecule has 0 aliphatic rings. The zero-order valence-corrected chi connectivity index (χ0v) is 11.7. The Morgan fingerprint density at radius 3 is 2.80 bits per heavy atom. The Labute approximate surface area is 117 Å². The van der Waals surface area contributed by atoms with Gasteiger partial charge in [0.2, 0.25) is 0 Å². The van der Waals surface area contributed by atoms with Crippen LogP contribution in [0.4, 0.5) is 0 Å². The van der Waals surface area contributed by atoms with Gasteiger partial charge < -0.3 is 9.55 Å². The first-order chi connectivity index (χ1) is 9.65. The number of H-pyrrole nitrogens is 1. The fourth-order valence-electron chi connectivity index (χ4n) is 2.53. The molecule has 0 amide bonds. The standard InChI is InChI=1S/C16H17N3O/c1-11-15(18-10-17-11)9-14(20)8-13-7-12-5-3-4-6-16(12)19(13)2/h3-7,10H,8-9H2,1-2H3,(H,17,18). The Morgan fingerprint density at radius 2 is 2.10 bits per heavy atom. The summed E-state index contributed by atoms with van der Waals surface area (Å²) in [4.78, 5) is 19.4. The smallest absolute Gasteiger partial charge is 0.144 e. The average Bonchev–Trinajstić information content (AvgIpc) is 2.96. The number of aromatic amines is 1. The highest BCUT2D eigenvalue weighted by molar-refractivity contribution is 5.86. The van der Waals surface area contributed by atoms with Crippen LogP contribution in [0.25, 0.3) is 10.9 Å². The number of fused-ring (bicyclic) bond motifs is 1. The molecule has 20 heavy (non-hydrogen) atoms. The molecule has 102 valence electrons. The lowest BCUT2D eigenvalue weighted by molar-refractivity contribution is -0.117. The highest BCUT2D eigenvalue weighted by Gasteiger charge is 2.12. The lowest BCUT2D eigenvalue weighted by Gasteiger charge is -2.03. The van der Waals surface area contributed by atoms with Crippen LogP contribution in [0.15, 0.2) is 36.7 Å². The molecule has 0 fully saturated rings. The van der Waals surface area contributed by atoms with Crippen molar-refractivity contribution in [3.63, 3.8) is 0 Å². The average molecular weight is 267 g/mol. The summed E-state index contributed by atoms with van der Waals surface area (Å²) in [6.45, 7) is 1.94. The predicted molar refractivity (Wildman–Crippen MR) is 78.7 cm³/mol. The van der Waals surface area contributed by atoms with Crippen molar-refractivity contribution in [1.29, 1.82) is 0 Å². The number of benzene rings is 1. The van der Waals surface area contributed by atoms with Crippen molar-refractivity contribution in [2.75, 3.05) is 0 Å². The van der Waals surface area contributed by atoms with E-state index in [-0.39, 0.29) is 5.78 Å². The Balaban J connectivity index is 1.81. The van der Waals surface area contributed by atoms with Gasteiger partial charge in [-0.3, -0.25) is 4.79 Å². The van der Waals surface area contributed by atoms with E-state index in [1.807, 2.05) is 26.1 Å². The molecule has 0 aliphatic heterocycles. The molecule has 1 N–H and O–H groups in total. The number of aryl methyl sites for hydroxylation is 2. The predicted octanol–water partition coefficient (Wildman–Crippen LogP) is 2.56. The second-order valence-electron chi connectivity index (χ2n) is 5.12. The van der Waals surface area contributed by atoms with Crippen LogP contribution in [0.5, 0.6) is 0 Å². The molecule has 0 saturated heterocycles. The molecule has 0 atom stereocenters. The normalized spacial score (nSPS) is 11.1. The van der Waals surface area contributed by atoms with Gasteiger partial charge in [0, 0.05) is 30.4 Å². The minimum absolute atomic E-state index is 0.186. The third kappa shape index (κ3) is 2.25. The van der Waals surface area contributed by atoms with E-state index in [4.69, 9.17) is 0 Å². The molecule has 0 aliphatic carbocycles. The van der Waals surface area contributed by atoms with E-state index in [2.05, 4.69) is 32.7 Å². The summed E-state index contributed by atoms with van der Waals surface area (Å²) in [6, 6.07) is 10.3. The van der Waals surface area contributed by atoms with Crippen molar-refractivity contribution in [2.24, 2.45) is 7.05 Å². The number of rotatable bonds is 4. The maximum Gasteiger partial charge on any atom is 0.144 e. The molecule has 3 rings (SSSR count). The van der Waals surface area contributed by atoms with Crippen LogP contribution in [0.2, 0.25) is 0 Å². The molecule has 0 saturated carbocycles. The number of aromatic nitrogens is 3. The maximum atomic E-state index is 12.2. The van der Waals surface area contributed by atoms with Gasteiger partial charge in [0.05, 0.1) is 18.4 Å². The molecule has 0 bridgehead atoms. The van der Waals surface area contributed by atoms with E-state index in [1.165, 1.54) is 5.39 Å². The highest BCUT2D eigenvalue weighted by Crippen LogP contribution is 2.19. The molecular weight excluding hydrogens is 250 g/mol. The van der Waals surface area contributed by atoms with Crippen LogP contribution >= 0.6 is 0 Å². The van der Waals surface area contributed by atoms with Crippen molar-refractivity contribution < 1.29 is 4.79 Å². The van der Waals surface area contributed by atoms with Gasteiger partial charge >= 0.3 is 0 Å². The molecular formula is C16H17N3O. The quantitative estimate of drug-likeness (QED) is 0.790. The number of hydrogen-bond acceptors (Lipinski definition) is 2. The Morgan fingerprint density at radius 1 is 1.30 bits per heavy atom. The minimum Gasteiger partial charge on any atom is -0.348 e. The minimum atomic E-state index is 0.186. The van der Waals surface area contributed by atoms with Crippen molar-refractivity contribution in [2.45, 2.75) is 19.8 Å². The second kappa shape index (κ2) is 4.96. The van der Waals surface area contributed by atoms with E-state index in [9.17, 15) is 4.79 Å². The number of carbonyl (C=O) groups is 1. The maximum absolute atomic E-state index is 12.2. The van der Waals surface area contributed by atoms with Gasteiger partial charge in [0.25, 0.3) is 0 Å². The zero-order chi connectivity index (χ0) is 14.1. The SMILES string of the molecule is Cc1[nH]cnc1CC(=O)Cc1cc2ccccc2n1C. The summed E-state index contributed by atoms with van der Waals surface area (Å²) in [5, 5.41) is 1.17. The third-order valence-electron chi connectivity index (χ3n) is 3.73. The summed E-state index contributed by atoms with van der Waals surface area (Å²) in [6.07, 6.45) is 2.46. The first-order valence-electron chi connectivity index (χ1n) is 6.69. The molecule has 4 nitrogen and oxygen atoms in total. The molecule has 1 aromatic carbocycles. The summed E-state index contributed by atoms with van der Waals surface area (Å²) < 4.78 is 2.09. The van der Waals surface area contributed by atoms with Gasteiger partial charge in [-0.25, -0.2) is 4.98 Å². The summed E-state index contributed by atoms with van der Waals surface area (Å²) >= 11 is 0. The molecule has 0 spiro atoms.